The Labute approximate surface area is 137 Å². The molecule has 0 atom stereocenters. The zero-order valence-electron chi connectivity index (χ0n) is 12.8. The molecule has 2 N–H and O–H groups in total. The lowest BCUT2D eigenvalue weighted by Crippen LogP contribution is -2.13. The van der Waals surface area contributed by atoms with Gasteiger partial charge < -0.3 is 13.9 Å². The summed E-state index contributed by atoms with van der Waals surface area (Å²) in [5, 5.41) is 0. The van der Waals surface area contributed by atoms with Gasteiger partial charge in [-0.15, -0.1) is 0 Å². The van der Waals surface area contributed by atoms with Gasteiger partial charge >= 0.3 is 5.76 Å². The molecule has 0 saturated heterocycles. The highest BCUT2D eigenvalue weighted by Crippen LogP contribution is 2.30. The van der Waals surface area contributed by atoms with Crippen LogP contribution in [0.15, 0.2) is 50.5 Å². The lowest BCUT2D eigenvalue weighted by molar-refractivity contribution is 0.354. The van der Waals surface area contributed by atoms with Gasteiger partial charge in [0, 0.05) is 6.07 Å². The molecule has 0 aliphatic heterocycles. The predicted octanol–water partition coefficient (Wildman–Crippen LogP) is 1.94. The minimum Gasteiger partial charge on any atom is -0.493 e. The fourth-order valence-electron chi connectivity index (χ4n) is 2.21. The van der Waals surface area contributed by atoms with Crippen molar-refractivity contribution in [3.8, 4) is 11.5 Å². The van der Waals surface area contributed by atoms with Crippen molar-refractivity contribution in [2.45, 2.75) is 4.90 Å². The minimum absolute atomic E-state index is 0.0148. The van der Waals surface area contributed by atoms with Gasteiger partial charge in [-0.3, -0.25) is 9.71 Å². The van der Waals surface area contributed by atoms with E-state index in [4.69, 9.17) is 13.9 Å². The molecule has 0 amide bonds. The van der Waals surface area contributed by atoms with Crippen LogP contribution in [-0.4, -0.2) is 27.6 Å². The van der Waals surface area contributed by atoms with Gasteiger partial charge in [0.25, 0.3) is 10.0 Å². The minimum atomic E-state index is -3.84. The topological polar surface area (TPSA) is 111 Å². The summed E-state index contributed by atoms with van der Waals surface area (Å²) in [6.45, 7) is 0. The van der Waals surface area contributed by atoms with E-state index in [-0.39, 0.29) is 10.6 Å². The third kappa shape index (κ3) is 2.93. The lowest BCUT2D eigenvalue weighted by Gasteiger charge is -2.11. The van der Waals surface area contributed by atoms with Gasteiger partial charge in [0.1, 0.15) is 0 Å². The quantitative estimate of drug-likeness (QED) is 0.727. The number of hydrogen-bond donors (Lipinski definition) is 2. The first-order chi connectivity index (χ1) is 11.4. The molecule has 2 aromatic carbocycles. The first-order valence-electron chi connectivity index (χ1n) is 6.80. The second-order valence-corrected chi connectivity index (χ2v) is 6.53. The third-order valence-electron chi connectivity index (χ3n) is 3.34. The molecule has 9 heteroatoms. The molecule has 0 fully saturated rings. The number of anilines is 1. The molecule has 0 spiro atoms. The van der Waals surface area contributed by atoms with E-state index in [1.54, 1.807) is 0 Å². The van der Waals surface area contributed by atoms with E-state index in [9.17, 15) is 13.2 Å². The number of aromatic amines is 1. The van der Waals surface area contributed by atoms with E-state index in [1.807, 2.05) is 0 Å². The Morgan fingerprint density at radius 3 is 2.50 bits per heavy atom. The van der Waals surface area contributed by atoms with Crippen molar-refractivity contribution in [3.05, 3.63) is 46.9 Å². The Hall–Kier alpha value is -2.94. The lowest BCUT2D eigenvalue weighted by atomic mass is 10.3. The molecular weight excluding hydrogens is 336 g/mol. The van der Waals surface area contributed by atoms with Crippen molar-refractivity contribution in [1.29, 1.82) is 0 Å². The Balaban J connectivity index is 1.96. The van der Waals surface area contributed by atoms with E-state index < -0.39 is 15.8 Å². The van der Waals surface area contributed by atoms with Crippen LogP contribution in [0.4, 0.5) is 5.69 Å². The SMILES string of the molecule is COc1ccc(S(=O)(=O)Nc2ccc3oc(=O)[nH]c3c2)cc1OC. The van der Waals surface area contributed by atoms with Gasteiger partial charge in [-0.1, -0.05) is 0 Å². The van der Waals surface area contributed by atoms with Crippen LogP contribution in [0.5, 0.6) is 11.5 Å². The summed E-state index contributed by atoms with van der Waals surface area (Å²) in [5.74, 6) is 0.119. The molecule has 126 valence electrons. The summed E-state index contributed by atoms with van der Waals surface area (Å²) < 4.78 is 42.5. The number of sulfonamides is 1. The standard InChI is InChI=1S/C15H14N2O6S/c1-21-13-6-4-10(8-14(13)22-2)24(19,20)17-9-3-5-12-11(7-9)16-15(18)23-12/h3-8,17H,1-2H3,(H,16,18). The number of nitrogens with one attached hydrogen (secondary N) is 2. The second-order valence-electron chi connectivity index (χ2n) is 4.85. The van der Waals surface area contributed by atoms with Gasteiger partial charge in [0.2, 0.25) is 0 Å². The maximum Gasteiger partial charge on any atom is 0.417 e. The predicted molar refractivity (Wildman–Crippen MR) is 87.2 cm³/mol. The molecule has 0 bridgehead atoms. The summed E-state index contributed by atoms with van der Waals surface area (Å²) >= 11 is 0. The molecule has 3 aromatic rings. The maximum absolute atomic E-state index is 12.5. The van der Waals surface area contributed by atoms with Crippen molar-refractivity contribution in [2.75, 3.05) is 18.9 Å². The summed E-state index contributed by atoms with van der Waals surface area (Å²) in [7, 11) is -0.956. The van der Waals surface area contributed by atoms with Crippen LogP contribution in [-0.2, 0) is 10.0 Å². The van der Waals surface area contributed by atoms with E-state index in [0.29, 0.717) is 22.6 Å². The Bertz CT molecular complexity index is 1050. The van der Waals surface area contributed by atoms with Gasteiger partial charge in [-0.05, 0) is 30.3 Å². The molecule has 0 saturated carbocycles. The smallest absolute Gasteiger partial charge is 0.417 e. The fourth-order valence-corrected chi connectivity index (χ4v) is 3.28. The van der Waals surface area contributed by atoms with E-state index in [0.717, 1.165) is 0 Å². The Morgan fingerprint density at radius 1 is 1.04 bits per heavy atom. The highest BCUT2D eigenvalue weighted by atomic mass is 32.2. The Kier molecular flexibility index (Phi) is 3.94. The van der Waals surface area contributed by atoms with Crippen LogP contribution < -0.4 is 20.0 Å². The van der Waals surface area contributed by atoms with Crippen LogP contribution in [0.3, 0.4) is 0 Å². The summed E-state index contributed by atoms with van der Waals surface area (Å²) in [4.78, 5) is 13.6. The zero-order valence-corrected chi connectivity index (χ0v) is 13.6. The highest BCUT2D eigenvalue weighted by molar-refractivity contribution is 7.92. The molecular formula is C15H14N2O6S. The average Bonchev–Trinajstić information content (AvgIpc) is 2.93. The molecule has 0 aliphatic carbocycles. The number of benzene rings is 2. The normalized spacial score (nSPS) is 11.4. The number of H-pyrrole nitrogens is 1. The highest BCUT2D eigenvalue weighted by Gasteiger charge is 2.17. The van der Waals surface area contributed by atoms with Crippen LogP contribution in [0, 0.1) is 0 Å². The van der Waals surface area contributed by atoms with Crippen molar-refractivity contribution in [1.82, 2.24) is 4.98 Å². The number of hydrogen-bond acceptors (Lipinski definition) is 6. The molecule has 24 heavy (non-hydrogen) atoms. The number of ether oxygens (including phenoxy) is 2. The number of aromatic nitrogens is 1. The monoisotopic (exact) mass is 350 g/mol. The fraction of sp³-hybridized carbons (Fsp3) is 0.133. The molecule has 1 heterocycles. The summed E-state index contributed by atoms with van der Waals surface area (Å²) in [6, 6.07) is 8.74. The largest absolute Gasteiger partial charge is 0.493 e. The van der Waals surface area contributed by atoms with Crippen molar-refractivity contribution >= 4 is 26.8 Å². The molecule has 0 aliphatic rings. The molecule has 1 aromatic heterocycles. The summed E-state index contributed by atoms with van der Waals surface area (Å²) in [6.07, 6.45) is 0. The summed E-state index contributed by atoms with van der Waals surface area (Å²) in [5.41, 5.74) is 1.02. The van der Waals surface area contributed by atoms with E-state index in [1.165, 1.54) is 50.6 Å². The van der Waals surface area contributed by atoms with Gasteiger partial charge in [-0.25, -0.2) is 13.2 Å². The maximum atomic E-state index is 12.5. The van der Waals surface area contributed by atoms with Crippen LogP contribution in [0.1, 0.15) is 0 Å². The van der Waals surface area contributed by atoms with Crippen LogP contribution in [0.25, 0.3) is 11.1 Å². The molecule has 8 nitrogen and oxygen atoms in total. The van der Waals surface area contributed by atoms with Crippen molar-refractivity contribution < 1.29 is 22.3 Å². The number of oxazole rings is 1. The third-order valence-corrected chi connectivity index (χ3v) is 4.72. The van der Waals surface area contributed by atoms with E-state index >= 15 is 0 Å². The number of rotatable bonds is 5. The average molecular weight is 350 g/mol. The first kappa shape index (κ1) is 15.9. The molecule has 3 rings (SSSR count). The second kappa shape index (κ2) is 5.93. The number of methoxy groups -OCH3 is 2. The van der Waals surface area contributed by atoms with Gasteiger partial charge in [0.05, 0.1) is 30.3 Å². The van der Waals surface area contributed by atoms with Crippen molar-refractivity contribution in [2.24, 2.45) is 0 Å². The Morgan fingerprint density at radius 2 is 1.79 bits per heavy atom. The van der Waals surface area contributed by atoms with Crippen LogP contribution >= 0.6 is 0 Å². The molecule has 0 radical (unpaired) electrons. The first-order valence-corrected chi connectivity index (χ1v) is 8.29. The van der Waals surface area contributed by atoms with Crippen molar-refractivity contribution in [3.63, 3.8) is 0 Å². The zero-order chi connectivity index (χ0) is 17.3. The van der Waals surface area contributed by atoms with Crippen LogP contribution in [0.2, 0.25) is 0 Å². The van der Waals surface area contributed by atoms with E-state index in [2.05, 4.69) is 9.71 Å². The number of fused-ring (bicyclic) bond motifs is 1. The van der Waals surface area contributed by atoms with Gasteiger partial charge in [-0.2, -0.15) is 0 Å². The van der Waals surface area contributed by atoms with Gasteiger partial charge in [0.15, 0.2) is 17.1 Å². The molecule has 0 unspecified atom stereocenters.